The van der Waals surface area contributed by atoms with Crippen molar-refractivity contribution in [3.63, 3.8) is 0 Å². The van der Waals surface area contributed by atoms with Crippen LogP contribution in [0.5, 0.6) is 11.5 Å². The van der Waals surface area contributed by atoms with Gasteiger partial charge in [0.15, 0.2) is 0 Å². The summed E-state index contributed by atoms with van der Waals surface area (Å²) in [5.41, 5.74) is 2.18. The van der Waals surface area contributed by atoms with Gasteiger partial charge >= 0.3 is 0 Å². The second-order valence-electron chi connectivity index (χ2n) is 5.64. The van der Waals surface area contributed by atoms with Gasteiger partial charge in [-0.25, -0.2) is 0 Å². The highest BCUT2D eigenvalue weighted by Crippen LogP contribution is 2.33. The summed E-state index contributed by atoms with van der Waals surface area (Å²) in [5.74, 6) is 1.84. The molecule has 0 bridgehead atoms. The molecule has 0 N–H and O–H groups in total. The Kier molecular flexibility index (Phi) is 4.51. The Hall–Kier alpha value is -2.49. The fraction of sp³-hybridized carbons (Fsp3) is 0.316. The molecule has 0 unspecified atom stereocenters. The van der Waals surface area contributed by atoms with Crippen molar-refractivity contribution in [1.82, 2.24) is 4.90 Å². The third-order valence-electron chi connectivity index (χ3n) is 4.28. The number of likely N-dealkylation sites (tertiary alicyclic amines) is 1. The van der Waals surface area contributed by atoms with Crippen LogP contribution >= 0.6 is 0 Å². The molecule has 0 atom stereocenters. The van der Waals surface area contributed by atoms with Crippen molar-refractivity contribution in [2.45, 2.75) is 18.9 Å². The fourth-order valence-corrected chi connectivity index (χ4v) is 3.07. The fourth-order valence-electron chi connectivity index (χ4n) is 3.07. The Labute approximate surface area is 136 Å². The van der Waals surface area contributed by atoms with E-state index in [1.165, 1.54) is 0 Å². The minimum absolute atomic E-state index is 0.0678. The zero-order valence-electron chi connectivity index (χ0n) is 13.5. The van der Waals surface area contributed by atoms with Crippen LogP contribution in [0.3, 0.4) is 0 Å². The molecule has 0 saturated carbocycles. The van der Waals surface area contributed by atoms with Crippen molar-refractivity contribution in [3.8, 4) is 11.5 Å². The van der Waals surface area contributed by atoms with Crippen molar-refractivity contribution in [2.75, 3.05) is 20.8 Å². The third kappa shape index (κ3) is 3.16. The molecule has 23 heavy (non-hydrogen) atoms. The molecule has 1 fully saturated rings. The van der Waals surface area contributed by atoms with E-state index in [0.717, 1.165) is 35.6 Å². The molecule has 0 spiro atoms. The standard InChI is InChI=1S/C19H21NO3/c1-22-16-9-5-14(6-10-16)19(20-13-3-4-18(20)21)15-7-11-17(23-2)12-8-15/h5-12,19H,3-4,13H2,1-2H3. The van der Waals surface area contributed by atoms with Crippen LogP contribution in [0.25, 0.3) is 0 Å². The Morgan fingerprint density at radius 2 is 1.35 bits per heavy atom. The number of methoxy groups -OCH3 is 2. The van der Waals surface area contributed by atoms with Gasteiger partial charge in [-0.3, -0.25) is 4.79 Å². The van der Waals surface area contributed by atoms with Gasteiger partial charge in [0.2, 0.25) is 5.91 Å². The van der Waals surface area contributed by atoms with E-state index in [9.17, 15) is 4.79 Å². The summed E-state index contributed by atoms with van der Waals surface area (Å²) in [5, 5.41) is 0. The molecule has 2 aromatic rings. The first-order valence-electron chi connectivity index (χ1n) is 7.80. The molecule has 0 radical (unpaired) electrons. The number of carbonyl (C=O) groups excluding carboxylic acids is 1. The molecule has 4 heteroatoms. The Morgan fingerprint density at radius 3 is 1.70 bits per heavy atom. The maximum absolute atomic E-state index is 12.3. The largest absolute Gasteiger partial charge is 0.497 e. The zero-order valence-corrected chi connectivity index (χ0v) is 13.5. The lowest BCUT2D eigenvalue weighted by molar-refractivity contribution is -0.129. The number of hydrogen-bond acceptors (Lipinski definition) is 3. The van der Waals surface area contributed by atoms with Crippen molar-refractivity contribution in [1.29, 1.82) is 0 Å². The van der Waals surface area contributed by atoms with Gasteiger partial charge in [0.25, 0.3) is 0 Å². The summed E-state index contributed by atoms with van der Waals surface area (Å²) in [6.07, 6.45) is 1.55. The number of ether oxygens (including phenoxy) is 2. The lowest BCUT2D eigenvalue weighted by Crippen LogP contribution is -2.30. The summed E-state index contributed by atoms with van der Waals surface area (Å²) in [6, 6.07) is 15.8. The van der Waals surface area contributed by atoms with Crippen molar-refractivity contribution >= 4 is 5.91 Å². The maximum atomic E-state index is 12.3. The smallest absolute Gasteiger partial charge is 0.223 e. The quantitative estimate of drug-likeness (QED) is 0.849. The highest BCUT2D eigenvalue weighted by atomic mass is 16.5. The molecule has 120 valence electrons. The zero-order chi connectivity index (χ0) is 16.2. The number of carbonyl (C=O) groups is 1. The maximum Gasteiger partial charge on any atom is 0.223 e. The predicted molar refractivity (Wildman–Crippen MR) is 88.8 cm³/mol. The monoisotopic (exact) mass is 311 g/mol. The Balaban J connectivity index is 1.99. The number of hydrogen-bond donors (Lipinski definition) is 0. The van der Waals surface area contributed by atoms with Gasteiger partial charge in [0.05, 0.1) is 20.3 Å². The third-order valence-corrected chi connectivity index (χ3v) is 4.28. The average Bonchev–Trinajstić information content (AvgIpc) is 3.02. The van der Waals surface area contributed by atoms with E-state index in [2.05, 4.69) is 0 Å². The van der Waals surface area contributed by atoms with Crippen LogP contribution < -0.4 is 9.47 Å². The molecule has 1 aliphatic rings. The first kappa shape index (κ1) is 15.4. The second-order valence-corrected chi connectivity index (χ2v) is 5.64. The van der Waals surface area contributed by atoms with Crippen molar-refractivity contribution in [3.05, 3.63) is 59.7 Å². The van der Waals surface area contributed by atoms with Crippen LogP contribution in [0.1, 0.15) is 30.0 Å². The lowest BCUT2D eigenvalue weighted by Gasteiger charge is -2.29. The van der Waals surface area contributed by atoms with E-state index in [-0.39, 0.29) is 11.9 Å². The summed E-state index contributed by atoms with van der Waals surface area (Å²) in [6.45, 7) is 0.793. The van der Waals surface area contributed by atoms with Crippen LogP contribution in [-0.4, -0.2) is 31.6 Å². The summed E-state index contributed by atoms with van der Waals surface area (Å²) < 4.78 is 10.5. The van der Waals surface area contributed by atoms with Gasteiger partial charge in [-0.15, -0.1) is 0 Å². The second kappa shape index (κ2) is 6.73. The van der Waals surface area contributed by atoms with Gasteiger partial charge in [-0.2, -0.15) is 0 Å². The van der Waals surface area contributed by atoms with Crippen LogP contribution in [0.15, 0.2) is 48.5 Å². The Morgan fingerprint density at radius 1 is 0.870 bits per heavy atom. The molecule has 0 aromatic heterocycles. The number of amides is 1. The molecule has 1 amide bonds. The van der Waals surface area contributed by atoms with Gasteiger partial charge in [0.1, 0.15) is 11.5 Å². The SMILES string of the molecule is COc1ccc(C(c2ccc(OC)cc2)N2CCCC2=O)cc1. The molecule has 1 aliphatic heterocycles. The van der Waals surface area contributed by atoms with Crippen LogP contribution in [0.2, 0.25) is 0 Å². The van der Waals surface area contributed by atoms with Crippen LogP contribution in [0, 0.1) is 0 Å². The molecule has 1 saturated heterocycles. The van der Waals surface area contributed by atoms with E-state index >= 15 is 0 Å². The summed E-state index contributed by atoms with van der Waals surface area (Å²) in [4.78, 5) is 14.2. The molecule has 0 aliphatic carbocycles. The normalized spacial score (nSPS) is 14.4. The van der Waals surface area contributed by atoms with Gasteiger partial charge in [-0.05, 0) is 41.8 Å². The van der Waals surface area contributed by atoms with E-state index in [4.69, 9.17) is 9.47 Å². The predicted octanol–water partition coefficient (Wildman–Crippen LogP) is 3.42. The lowest BCUT2D eigenvalue weighted by atomic mass is 9.97. The summed E-state index contributed by atoms with van der Waals surface area (Å²) >= 11 is 0. The molecular formula is C19H21NO3. The number of rotatable bonds is 5. The van der Waals surface area contributed by atoms with Gasteiger partial charge in [0, 0.05) is 13.0 Å². The van der Waals surface area contributed by atoms with E-state index < -0.39 is 0 Å². The molecule has 2 aromatic carbocycles. The van der Waals surface area contributed by atoms with E-state index in [0.29, 0.717) is 6.42 Å². The minimum Gasteiger partial charge on any atom is -0.497 e. The number of nitrogens with zero attached hydrogens (tertiary/aromatic N) is 1. The van der Waals surface area contributed by atoms with Crippen molar-refractivity contribution < 1.29 is 14.3 Å². The van der Waals surface area contributed by atoms with Crippen LogP contribution in [-0.2, 0) is 4.79 Å². The van der Waals surface area contributed by atoms with Crippen molar-refractivity contribution in [2.24, 2.45) is 0 Å². The first-order chi connectivity index (χ1) is 11.2. The minimum atomic E-state index is -0.0678. The Bertz CT molecular complexity index is 617. The molecule has 1 heterocycles. The average molecular weight is 311 g/mol. The number of benzene rings is 2. The summed E-state index contributed by atoms with van der Waals surface area (Å²) in [7, 11) is 3.31. The molecule has 4 nitrogen and oxygen atoms in total. The van der Waals surface area contributed by atoms with Crippen LogP contribution in [0.4, 0.5) is 0 Å². The highest BCUT2D eigenvalue weighted by molar-refractivity contribution is 5.79. The van der Waals surface area contributed by atoms with E-state index in [1.807, 2.05) is 53.4 Å². The van der Waals surface area contributed by atoms with Gasteiger partial charge in [-0.1, -0.05) is 24.3 Å². The van der Waals surface area contributed by atoms with E-state index in [1.54, 1.807) is 14.2 Å². The molecular weight excluding hydrogens is 290 g/mol. The molecule has 3 rings (SSSR count). The van der Waals surface area contributed by atoms with Gasteiger partial charge < -0.3 is 14.4 Å². The highest BCUT2D eigenvalue weighted by Gasteiger charge is 2.30. The topological polar surface area (TPSA) is 38.8 Å². The first-order valence-corrected chi connectivity index (χ1v) is 7.80.